The zero-order valence-corrected chi connectivity index (χ0v) is 28.4. The molecule has 0 saturated heterocycles. The Morgan fingerprint density at radius 1 is 0.978 bits per heavy atom. The molecule has 1 aliphatic rings. The van der Waals surface area contributed by atoms with Gasteiger partial charge in [0.25, 0.3) is 5.91 Å². The fraction of sp³-hybridized carbons (Fsp3) is 0.719. The van der Waals surface area contributed by atoms with Crippen LogP contribution in [0.2, 0.25) is 0 Å². The molecule has 0 spiro atoms. The number of rotatable bonds is 16. The molecule has 5 amide bonds. The molecule has 0 aromatic rings. The summed E-state index contributed by atoms with van der Waals surface area (Å²) in [5.74, 6) is 1.56. The standard InChI is InChI=1S/C32H51N5O7S/c1-9-12-17-24(25(38)28(40)33-20-13-10-2)34-27(39)23(4)37(21-11-3)29(41)26(31(5,6)7)35-30(42)36-32(22-45(8,43)44)18-15-14-16-19-32/h1-2,23-24,26H,11-22H2,3-8H3,(H,33,40)(H,34,39)(H2,35,36,42)/t23-,24?,26+/m0/s1. The summed E-state index contributed by atoms with van der Waals surface area (Å²) >= 11 is 0. The molecule has 3 atom stereocenters. The number of carbonyl (C=O) groups is 5. The second-order valence-electron chi connectivity index (χ2n) is 12.9. The number of hydrogen-bond acceptors (Lipinski definition) is 7. The lowest BCUT2D eigenvalue weighted by Crippen LogP contribution is -2.63. The first-order valence-corrected chi connectivity index (χ1v) is 17.5. The van der Waals surface area contributed by atoms with Crippen molar-refractivity contribution in [3.63, 3.8) is 0 Å². The van der Waals surface area contributed by atoms with Crippen LogP contribution in [0.5, 0.6) is 0 Å². The number of carbonyl (C=O) groups excluding carboxylic acids is 5. The highest BCUT2D eigenvalue weighted by Gasteiger charge is 2.42. The van der Waals surface area contributed by atoms with Gasteiger partial charge in [0.05, 0.1) is 17.3 Å². The lowest BCUT2D eigenvalue weighted by molar-refractivity contribution is -0.145. The zero-order chi connectivity index (χ0) is 34.4. The van der Waals surface area contributed by atoms with E-state index in [1.807, 2.05) is 6.92 Å². The number of amides is 5. The van der Waals surface area contributed by atoms with Crippen molar-refractivity contribution in [2.45, 2.75) is 116 Å². The van der Waals surface area contributed by atoms with E-state index in [2.05, 4.69) is 33.1 Å². The van der Waals surface area contributed by atoms with Gasteiger partial charge in [0.1, 0.15) is 21.9 Å². The molecule has 252 valence electrons. The van der Waals surface area contributed by atoms with Gasteiger partial charge in [-0.05, 0) is 38.0 Å². The van der Waals surface area contributed by atoms with E-state index in [1.54, 1.807) is 20.8 Å². The summed E-state index contributed by atoms with van der Waals surface area (Å²) in [6.45, 7) is 8.89. The van der Waals surface area contributed by atoms with Crippen LogP contribution in [0.25, 0.3) is 0 Å². The van der Waals surface area contributed by atoms with E-state index < -0.39 is 68.5 Å². The Bertz CT molecular complexity index is 1250. The van der Waals surface area contributed by atoms with Gasteiger partial charge in [0.15, 0.2) is 0 Å². The number of terminal acetylenes is 2. The molecule has 1 aliphatic carbocycles. The molecule has 0 aromatic heterocycles. The summed E-state index contributed by atoms with van der Waals surface area (Å²) < 4.78 is 24.4. The third-order valence-corrected chi connectivity index (χ3v) is 8.78. The van der Waals surface area contributed by atoms with Crippen LogP contribution in [0.1, 0.15) is 92.4 Å². The van der Waals surface area contributed by atoms with E-state index in [4.69, 9.17) is 12.8 Å². The molecule has 1 rings (SSSR count). The predicted octanol–water partition coefficient (Wildman–Crippen LogP) is 1.68. The minimum absolute atomic E-state index is 0.0135. The molecule has 0 radical (unpaired) electrons. The topological polar surface area (TPSA) is 171 Å². The Balaban J connectivity index is 3.21. The van der Waals surface area contributed by atoms with Crippen LogP contribution in [0, 0.1) is 30.1 Å². The molecule has 1 saturated carbocycles. The van der Waals surface area contributed by atoms with Gasteiger partial charge in [-0.3, -0.25) is 19.2 Å². The third-order valence-electron chi connectivity index (χ3n) is 7.70. The fourth-order valence-corrected chi connectivity index (χ4v) is 6.78. The fourth-order valence-electron chi connectivity index (χ4n) is 5.42. The lowest BCUT2D eigenvalue weighted by Gasteiger charge is -2.40. The van der Waals surface area contributed by atoms with Crippen molar-refractivity contribution in [2.75, 3.05) is 25.1 Å². The predicted molar refractivity (Wildman–Crippen MR) is 173 cm³/mol. The van der Waals surface area contributed by atoms with Crippen molar-refractivity contribution < 1.29 is 32.4 Å². The van der Waals surface area contributed by atoms with E-state index in [0.717, 1.165) is 25.5 Å². The average Bonchev–Trinajstić information content (AvgIpc) is 2.94. The molecule has 0 aliphatic heterocycles. The molecule has 0 aromatic carbocycles. The summed E-state index contributed by atoms with van der Waals surface area (Å²) in [6, 6.07) is -4.05. The highest BCUT2D eigenvalue weighted by atomic mass is 32.2. The van der Waals surface area contributed by atoms with Gasteiger partial charge < -0.3 is 26.2 Å². The molecule has 1 fully saturated rings. The van der Waals surface area contributed by atoms with E-state index >= 15 is 0 Å². The van der Waals surface area contributed by atoms with Crippen molar-refractivity contribution in [1.82, 2.24) is 26.2 Å². The van der Waals surface area contributed by atoms with Gasteiger partial charge in [-0.15, -0.1) is 24.7 Å². The summed E-state index contributed by atoms with van der Waals surface area (Å²) in [5.41, 5.74) is -1.74. The number of nitrogens with one attached hydrogen (secondary N) is 4. The van der Waals surface area contributed by atoms with Gasteiger partial charge in [-0.25, -0.2) is 13.2 Å². The third kappa shape index (κ3) is 13.1. The van der Waals surface area contributed by atoms with Crippen LogP contribution in [-0.2, 0) is 29.0 Å². The summed E-state index contributed by atoms with van der Waals surface area (Å²) in [5, 5.41) is 10.6. The minimum atomic E-state index is -3.41. The van der Waals surface area contributed by atoms with Crippen LogP contribution in [-0.4, -0.2) is 91.6 Å². The van der Waals surface area contributed by atoms with Gasteiger partial charge in [-0.1, -0.05) is 47.0 Å². The van der Waals surface area contributed by atoms with Crippen LogP contribution in [0.3, 0.4) is 0 Å². The summed E-state index contributed by atoms with van der Waals surface area (Å²) in [6.07, 6.45) is 16.0. The first-order valence-electron chi connectivity index (χ1n) is 15.5. The van der Waals surface area contributed by atoms with E-state index in [0.29, 0.717) is 19.3 Å². The maximum absolute atomic E-state index is 14.0. The van der Waals surface area contributed by atoms with Crippen LogP contribution in [0.15, 0.2) is 0 Å². The molecule has 13 heteroatoms. The van der Waals surface area contributed by atoms with Gasteiger partial charge in [0, 0.05) is 32.2 Å². The van der Waals surface area contributed by atoms with Crippen molar-refractivity contribution in [1.29, 1.82) is 0 Å². The van der Waals surface area contributed by atoms with Crippen LogP contribution >= 0.6 is 0 Å². The maximum atomic E-state index is 14.0. The highest BCUT2D eigenvalue weighted by Crippen LogP contribution is 2.30. The average molecular weight is 650 g/mol. The second-order valence-corrected chi connectivity index (χ2v) is 15.0. The summed E-state index contributed by atoms with van der Waals surface area (Å²) in [7, 11) is -3.41. The molecule has 0 bridgehead atoms. The molecular formula is C32H51N5O7S. The van der Waals surface area contributed by atoms with Gasteiger partial charge in [-0.2, -0.15) is 0 Å². The summed E-state index contributed by atoms with van der Waals surface area (Å²) in [4.78, 5) is 67.4. The van der Waals surface area contributed by atoms with E-state index in [9.17, 15) is 32.4 Å². The first-order chi connectivity index (χ1) is 20.9. The minimum Gasteiger partial charge on any atom is -0.348 e. The molecule has 1 unspecified atom stereocenters. The van der Waals surface area contributed by atoms with Crippen molar-refractivity contribution in [3.8, 4) is 24.7 Å². The van der Waals surface area contributed by atoms with E-state index in [1.165, 1.54) is 11.8 Å². The Hall–Kier alpha value is -3.58. The quantitative estimate of drug-likeness (QED) is 0.112. The monoisotopic (exact) mass is 649 g/mol. The van der Waals surface area contributed by atoms with Crippen molar-refractivity contribution >= 4 is 39.4 Å². The number of sulfone groups is 1. The van der Waals surface area contributed by atoms with E-state index in [-0.39, 0.29) is 38.1 Å². The molecule has 45 heavy (non-hydrogen) atoms. The number of urea groups is 1. The highest BCUT2D eigenvalue weighted by molar-refractivity contribution is 7.90. The first kappa shape index (κ1) is 39.4. The smallest absolute Gasteiger partial charge is 0.315 e. The van der Waals surface area contributed by atoms with Crippen molar-refractivity contribution in [3.05, 3.63) is 0 Å². The molecule has 12 nitrogen and oxygen atoms in total. The normalized spacial score (nSPS) is 16.4. The number of Topliss-reactive ketones (excluding diaryl/α,β-unsaturated/α-hetero) is 1. The Morgan fingerprint density at radius 3 is 2.09 bits per heavy atom. The second kappa shape index (κ2) is 17.8. The number of ketones is 1. The maximum Gasteiger partial charge on any atom is 0.315 e. The van der Waals surface area contributed by atoms with Gasteiger partial charge >= 0.3 is 6.03 Å². The SMILES string of the molecule is C#CCCNC(=O)C(=O)C(CCC#C)NC(=O)[C@H](C)N(CCC)C(=O)[C@@H](NC(=O)NC1(CS(C)(=O)=O)CCCCC1)C(C)(C)C. The van der Waals surface area contributed by atoms with Crippen LogP contribution in [0.4, 0.5) is 4.79 Å². The Labute approximate surface area is 268 Å². The number of hydrogen-bond donors (Lipinski definition) is 4. The number of nitrogens with zero attached hydrogens (tertiary/aromatic N) is 1. The van der Waals surface area contributed by atoms with Crippen LogP contribution < -0.4 is 21.3 Å². The van der Waals surface area contributed by atoms with Gasteiger partial charge in [0.2, 0.25) is 17.6 Å². The zero-order valence-electron chi connectivity index (χ0n) is 27.6. The molecule has 4 N–H and O–H groups in total. The molecule has 0 heterocycles. The lowest BCUT2D eigenvalue weighted by atomic mass is 9.83. The molecular weight excluding hydrogens is 598 g/mol. The van der Waals surface area contributed by atoms with Crippen molar-refractivity contribution in [2.24, 2.45) is 5.41 Å². The largest absolute Gasteiger partial charge is 0.348 e. The Kier molecular flexibility index (Phi) is 15.6. The Morgan fingerprint density at radius 2 is 1.58 bits per heavy atom.